The Labute approximate surface area is 220 Å². The summed E-state index contributed by atoms with van der Waals surface area (Å²) >= 11 is 0. The van der Waals surface area contributed by atoms with Crippen molar-refractivity contribution in [1.82, 2.24) is 19.2 Å². The number of alkyl halides is 3. The number of hydrogen-bond donors (Lipinski definition) is 1. The number of aryl methyl sites for hydroxylation is 1. The van der Waals surface area contributed by atoms with Gasteiger partial charge in [-0.1, -0.05) is 19.1 Å². The third-order valence-corrected chi connectivity index (χ3v) is 8.25. The van der Waals surface area contributed by atoms with Crippen LogP contribution in [0.5, 0.6) is 5.75 Å². The minimum atomic E-state index is -5.08. The van der Waals surface area contributed by atoms with Crippen molar-refractivity contribution in [1.29, 1.82) is 0 Å². The third-order valence-electron chi connectivity index (χ3n) is 6.28. The van der Waals surface area contributed by atoms with Gasteiger partial charge in [-0.05, 0) is 44.6 Å². The number of carbonyl (C=O) groups is 1. The lowest BCUT2D eigenvalue weighted by Gasteiger charge is -2.32. The molecule has 2 atom stereocenters. The van der Waals surface area contributed by atoms with E-state index in [0.717, 1.165) is 18.5 Å². The van der Waals surface area contributed by atoms with Crippen molar-refractivity contribution < 1.29 is 36.2 Å². The summed E-state index contributed by atoms with van der Waals surface area (Å²) in [4.78, 5) is 22.4. The van der Waals surface area contributed by atoms with Crippen LogP contribution in [0.3, 0.4) is 0 Å². The minimum absolute atomic E-state index is 0.222. The highest BCUT2D eigenvalue weighted by Gasteiger charge is 2.43. The number of anilines is 1. The summed E-state index contributed by atoms with van der Waals surface area (Å²) in [6.45, 7) is 4.55. The van der Waals surface area contributed by atoms with Crippen molar-refractivity contribution in [2.24, 2.45) is 0 Å². The van der Waals surface area contributed by atoms with E-state index in [-0.39, 0.29) is 17.0 Å². The fourth-order valence-corrected chi connectivity index (χ4v) is 6.03. The van der Waals surface area contributed by atoms with Crippen LogP contribution in [0.4, 0.5) is 19.1 Å². The molecule has 0 unspecified atom stereocenters. The molecule has 0 saturated carbocycles. The number of aromatic nitrogens is 2. The van der Waals surface area contributed by atoms with Crippen molar-refractivity contribution in [3.63, 3.8) is 0 Å². The molecule has 0 spiro atoms. The van der Waals surface area contributed by atoms with Crippen LogP contribution in [0, 0.1) is 0 Å². The second-order valence-electron chi connectivity index (χ2n) is 9.20. The summed E-state index contributed by atoms with van der Waals surface area (Å²) in [5.41, 5.74) is 1.10. The Balaban J connectivity index is 0.000000505. The number of nitrogens with zero attached hydrogens (tertiary/aromatic N) is 5. The van der Waals surface area contributed by atoms with Crippen LogP contribution in [0.25, 0.3) is 0 Å². The van der Waals surface area contributed by atoms with Gasteiger partial charge < -0.3 is 19.6 Å². The van der Waals surface area contributed by atoms with Gasteiger partial charge in [0.2, 0.25) is 16.0 Å². The monoisotopic (exact) mass is 559 g/mol. The normalized spacial score (nSPS) is 21.2. The molecule has 1 saturated heterocycles. The van der Waals surface area contributed by atoms with E-state index < -0.39 is 22.2 Å². The number of benzene rings is 1. The number of sulfonamides is 1. The summed E-state index contributed by atoms with van der Waals surface area (Å²) in [7, 11) is 0.253. The molecule has 1 aromatic heterocycles. The first-order valence-electron chi connectivity index (χ1n) is 12.1. The topological polar surface area (TPSA) is 116 Å². The minimum Gasteiger partial charge on any atom is -0.487 e. The quantitative estimate of drug-likeness (QED) is 0.590. The average Bonchev–Trinajstić information content (AvgIpc) is 3.11. The zero-order valence-electron chi connectivity index (χ0n) is 21.4. The standard InChI is InChI=1S/C22H31N5O3S.C2HF3O2/c1-4-17-15-23-22(24-16-17)26-11-9-18-19(10-12-26)30-20-7-5-6-8-21(20)31(28,29)27(18)14-13-25(2)3;3-2(4,5)1(6)7/h5-8,15-16,18-19H,4,9-14H2,1-3H3;(H,6,7)/t18-,19-;/m0./s1. The number of para-hydroxylation sites is 1. The third kappa shape index (κ3) is 7.11. The first-order valence-corrected chi connectivity index (χ1v) is 13.6. The average molecular weight is 560 g/mol. The molecule has 0 amide bonds. The van der Waals surface area contributed by atoms with Gasteiger partial charge >= 0.3 is 12.1 Å². The highest BCUT2D eigenvalue weighted by Crippen LogP contribution is 2.36. The fraction of sp³-hybridized carbons (Fsp3) is 0.542. The molecule has 1 aromatic carbocycles. The van der Waals surface area contributed by atoms with Crippen molar-refractivity contribution in [3.05, 3.63) is 42.2 Å². The molecule has 2 aliphatic rings. The molecule has 1 fully saturated rings. The van der Waals surface area contributed by atoms with Crippen molar-refractivity contribution in [2.45, 2.75) is 49.4 Å². The number of aliphatic carboxylic acids is 1. The number of likely N-dealkylation sites (N-methyl/N-ethyl adjacent to an activating group) is 1. The van der Waals surface area contributed by atoms with Gasteiger partial charge in [0.1, 0.15) is 16.7 Å². The zero-order valence-corrected chi connectivity index (χ0v) is 22.2. The van der Waals surface area contributed by atoms with Gasteiger partial charge in [-0.3, -0.25) is 0 Å². The molecule has 10 nitrogen and oxygen atoms in total. The van der Waals surface area contributed by atoms with E-state index >= 15 is 0 Å². The molecule has 1 N–H and O–H groups in total. The van der Waals surface area contributed by atoms with Gasteiger partial charge in [0, 0.05) is 45.0 Å². The van der Waals surface area contributed by atoms with Gasteiger partial charge in [0.15, 0.2) is 0 Å². The lowest BCUT2D eigenvalue weighted by atomic mass is 10.1. The summed E-state index contributed by atoms with van der Waals surface area (Å²) in [5.74, 6) is -1.62. The van der Waals surface area contributed by atoms with Gasteiger partial charge in [-0.25, -0.2) is 23.2 Å². The molecule has 3 heterocycles. The summed E-state index contributed by atoms with van der Waals surface area (Å²) < 4.78 is 67.0. The van der Waals surface area contributed by atoms with Gasteiger partial charge in [0.25, 0.3) is 0 Å². The van der Waals surface area contributed by atoms with Crippen LogP contribution in [0.2, 0.25) is 0 Å². The summed E-state index contributed by atoms with van der Waals surface area (Å²) in [6, 6.07) is 6.75. The Morgan fingerprint density at radius 3 is 2.34 bits per heavy atom. The molecular weight excluding hydrogens is 527 g/mol. The maximum absolute atomic E-state index is 13.6. The van der Waals surface area contributed by atoms with Gasteiger partial charge in [-0.15, -0.1) is 0 Å². The SMILES string of the molecule is CCc1cnc(N2CC[C@@H]3Oc4ccccc4S(=O)(=O)N(CCN(C)C)[C@H]3CC2)nc1.O=C(O)C(F)(F)F. The number of fused-ring (bicyclic) bond motifs is 2. The van der Waals surface area contributed by atoms with E-state index in [1.807, 2.05) is 37.5 Å². The Bertz CT molecular complexity index is 1190. The Kier molecular flexibility index (Phi) is 9.54. The van der Waals surface area contributed by atoms with Crippen LogP contribution in [0.1, 0.15) is 25.3 Å². The van der Waals surface area contributed by atoms with Gasteiger partial charge in [0.05, 0.1) is 6.04 Å². The first kappa shape index (κ1) is 29.6. The Morgan fingerprint density at radius 2 is 1.76 bits per heavy atom. The molecule has 38 heavy (non-hydrogen) atoms. The molecular formula is C24H32F3N5O5S. The molecule has 4 rings (SSSR count). The van der Waals surface area contributed by atoms with Crippen LogP contribution in [-0.4, -0.2) is 97.3 Å². The lowest BCUT2D eigenvalue weighted by molar-refractivity contribution is -0.192. The van der Waals surface area contributed by atoms with E-state index in [0.29, 0.717) is 44.2 Å². The second kappa shape index (κ2) is 12.3. The molecule has 2 aliphatic heterocycles. The van der Waals surface area contributed by atoms with Gasteiger partial charge in [-0.2, -0.15) is 17.5 Å². The van der Waals surface area contributed by atoms with E-state index in [1.54, 1.807) is 22.5 Å². The van der Waals surface area contributed by atoms with Crippen LogP contribution in [0.15, 0.2) is 41.6 Å². The highest BCUT2D eigenvalue weighted by molar-refractivity contribution is 7.89. The number of halogens is 3. The molecule has 210 valence electrons. The number of carboxylic acid groups (broad SMARTS) is 1. The van der Waals surface area contributed by atoms with Crippen molar-refractivity contribution >= 4 is 21.9 Å². The largest absolute Gasteiger partial charge is 0.490 e. The first-order chi connectivity index (χ1) is 17.8. The predicted molar refractivity (Wildman–Crippen MR) is 134 cm³/mol. The van der Waals surface area contributed by atoms with Crippen LogP contribution >= 0.6 is 0 Å². The number of hydrogen-bond acceptors (Lipinski definition) is 8. The summed E-state index contributed by atoms with van der Waals surface area (Å²) in [5, 5.41) is 7.12. The van der Waals surface area contributed by atoms with Crippen molar-refractivity contribution in [3.8, 4) is 5.75 Å². The number of carboxylic acids is 1. The summed E-state index contributed by atoms with van der Waals surface area (Å²) in [6.07, 6.45) is 0.685. The maximum atomic E-state index is 13.6. The molecule has 0 bridgehead atoms. The highest BCUT2D eigenvalue weighted by atomic mass is 32.2. The molecule has 14 heteroatoms. The van der Waals surface area contributed by atoms with Crippen LogP contribution in [-0.2, 0) is 21.2 Å². The predicted octanol–water partition coefficient (Wildman–Crippen LogP) is 2.65. The Morgan fingerprint density at radius 1 is 1.16 bits per heavy atom. The lowest BCUT2D eigenvalue weighted by Crippen LogP contribution is -2.49. The zero-order chi connectivity index (χ0) is 28.1. The van der Waals surface area contributed by atoms with E-state index in [2.05, 4.69) is 21.8 Å². The number of ether oxygens (including phenoxy) is 1. The maximum Gasteiger partial charge on any atom is 0.490 e. The molecule has 2 aromatic rings. The van der Waals surface area contributed by atoms with Crippen molar-refractivity contribution in [2.75, 3.05) is 45.2 Å². The Hall–Kier alpha value is -2.97. The molecule has 0 radical (unpaired) electrons. The van der Waals surface area contributed by atoms with E-state index in [9.17, 15) is 21.6 Å². The molecule has 0 aliphatic carbocycles. The van der Waals surface area contributed by atoms with E-state index in [4.69, 9.17) is 14.6 Å². The number of rotatable bonds is 5. The smallest absolute Gasteiger partial charge is 0.487 e. The van der Waals surface area contributed by atoms with E-state index in [1.165, 1.54) is 0 Å². The second-order valence-corrected chi connectivity index (χ2v) is 11.1. The van der Waals surface area contributed by atoms with Crippen LogP contribution < -0.4 is 9.64 Å². The fourth-order valence-electron chi connectivity index (χ4n) is 4.23.